The van der Waals surface area contributed by atoms with Crippen molar-refractivity contribution in [3.8, 4) is 11.4 Å². The van der Waals surface area contributed by atoms with Crippen LogP contribution in [-0.2, 0) is 17.8 Å². The lowest BCUT2D eigenvalue weighted by Crippen LogP contribution is -2.33. The number of aliphatic hydroxyl groups excluding tert-OH is 1. The van der Waals surface area contributed by atoms with E-state index in [1.807, 2.05) is 0 Å². The van der Waals surface area contributed by atoms with Gasteiger partial charge in [0.1, 0.15) is 18.2 Å². The molecule has 0 aliphatic rings. The van der Waals surface area contributed by atoms with Crippen LogP contribution in [0.5, 0.6) is 0 Å². The van der Waals surface area contributed by atoms with Crippen molar-refractivity contribution in [1.29, 1.82) is 0 Å². The Morgan fingerprint density at radius 3 is 2.60 bits per heavy atom. The van der Waals surface area contributed by atoms with Crippen LogP contribution in [0.1, 0.15) is 11.3 Å². The smallest absolute Gasteiger partial charge is 0.257 e. The van der Waals surface area contributed by atoms with Crippen LogP contribution < -0.4 is 10.9 Å². The van der Waals surface area contributed by atoms with E-state index < -0.39 is 17.3 Å². The summed E-state index contributed by atoms with van der Waals surface area (Å²) in [6.45, 7) is 1.07. The predicted molar refractivity (Wildman–Crippen MR) is 117 cm³/mol. The highest BCUT2D eigenvalue weighted by atomic mass is 79.9. The van der Waals surface area contributed by atoms with Crippen molar-refractivity contribution in [2.75, 3.05) is 11.9 Å². The Labute approximate surface area is 185 Å². The summed E-state index contributed by atoms with van der Waals surface area (Å²) in [7, 11) is 0. The Hall–Kier alpha value is -2.55. The maximum Gasteiger partial charge on any atom is 0.257 e. The van der Waals surface area contributed by atoms with Crippen molar-refractivity contribution in [2.45, 2.75) is 19.9 Å². The molecule has 6 nitrogen and oxygen atoms in total. The Kier molecular flexibility index (Phi) is 7.02. The summed E-state index contributed by atoms with van der Waals surface area (Å²) in [6, 6.07) is 10.9. The summed E-state index contributed by atoms with van der Waals surface area (Å²) in [6.07, 6.45) is 0.113. The molecule has 2 aromatic carbocycles. The van der Waals surface area contributed by atoms with Gasteiger partial charge < -0.3 is 10.4 Å². The fraction of sp³-hybridized carbons (Fsp3) is 0.190. The summed E-state index contributed by atoms with van der Waals surface area (Å²) in [4.78, 5) is 30.2. The van der Waals surface area contributed by atoms with E-state index in [1.165, 1.54) is 16.7 Å². The number of amides is 1. The Balaban J connectivity index is 2.02. The van der Waals surface area contributed by atoms with E-state index in [9.17, 15) is 19.1 Å². The number of benzene rings is 2. The second kappa shape index (κ2) is 9.51. The van der Waals surface area contributed by atoms with E-state index in [4.69, 9.17) is 11.6 Å². The lowest BCUT2D eigenvalue weighted by Gasteiger charge is -2.16. The Morgan fingerprint density at radius 2 is 1.97 bits per heavy atom. The van der Waals surface area contributed by atoms with Gasteiger partial charge in [-0.1, -0.05) is 27.5 Å². The minimum Gasteiger partial charge on any atom is -0.396 e. The minimum absolute atomic E-state index is 0.0000515. The van der Waals surface area contributed by atoms with Gasteiger partial charge in [0, 0.05) is 39.3 Å². The van der Waals surface area contributed by atoms with E-state index in [0.29, 0.717) is 26.3 Å². The number of halogens is 3. The molecular weight excluding hydrogens is 477 g/mol. The zero-order valence-corrected chi connectivity index (χ0v) is 18.3. The molecule has 3 aromatic rings. The minimum atomic E-state index is -0.606. The molecule has 0 fully saturated rings. The fourth-order valence-corrected chi connectivity index (χ4v) is 3.45. The van der Waals surface area contributed by atoms with Crippen LogP contribution in [0, 0.1) is 12.7 Å². The number of carbonyl (C=O) groups excluding carboxylic acids is 1. The maximum atomic E-state index is 14.1. The highest BCUT2D eigenvalue weighted by Crippen LogP contribution is 2.22. The molecule has 30 heavy (non-hydrogen) atoms. The van der Waals surface area contributed by atoms with Crippen molar-refractivity contribution < 1.29 is 14.3 Å². The number of nitrogens with zero attached hydrogens (tertiary/aromatic N) is 2. The first-order valence-electron chi connectivity index (χ1n) is 9.02. The first-order valence-corrected chi connectivity index (χ1v) is 10.2. The third kappa shape index (κ3) is 4.95. The van der Waals surface area contributed by atoms with Crippen LogP contribution in [0.2, 0.25) is 5.02 Å². The molecule has 156 valence electrons. The van der Waals surface area contributed by atoms with Crippen molar-refractivity contribution in [2.24, 2.45) is 0 Å². The van der Waals surface area contributed by atoms with Gasteiger partial charge in [0.25, 0.3) is 5.56 Å². The number of nitrogens with one attached hydrogen (secondary N) is 1. The van der Waals surface area contributed by atoms with Crippen LogP contribution in [0.3, 0.4) is 0 Å². The molecule has 0 saturated carbocycles. The first kappa shape index (κ1) is 22.1. The molecule has 1 amide bonds. The second-order valence-electron chi connectivity index (χ2n) is 6.54. The van der Waals surface area contributed by atoms with Gasteiger partial charge in [-0.25, -0.2) is 9.37 Å². The highest BCUT2D eigenvalue weighted by Gasteiger charge is 2.18. The topological polar surface area (TPSA) is 84.2 Å². The number of aryl methyl sites for hydroxylation is 1. The number of aliphatic hydroxyl groups is 1. The zero-order chi connectivity index (χ0) is 21.8. The summed E-state index contributed by atoms with van der Waals surface area (Å²) in [5.41, 5.74) is 0.943. The van der Waals surface area contributed by atoms with Crippen molar-refractivity contribution in [3.63, 3.8) is 0 Å². The number of hydrogen-bond acceptors (Lipinski definition) is 4. The van der Waals surface area contributed by atoms with Gasteiger partial charge in [-0.05, 0) is 49.4 Å². The molecule has 0 spiro atoms. The molecule has 0 bridgehead atoms. The molecule has 3 rings (SSSR count). The van der Waals surface area contributed by atoms with Crippen molar-refractivity contribution >= 4 is 39.1 Å². The van der Waals surface area contributed by atoms with Crippen LogP contribution in [0.15, 0.2) is 51.7 Å². The SMILES string of the molecule is Cc1nc(-c2ccc(Cl)cc2)n(CC(=O)Nc2ccc(Br)cc2F)c(=O)c1CCO. The molecule has 0 aliphatic carbocycles. The van der Waals surface area contributed by atoms with Gasteiger partial charge in [-0.3, -0.25) is 14.2 Å². The zero-order valence-electron chi connectivity index (χ0n) is 16.0. The van der Waals surface area contributed by atoms with Gasteiger partial charge in [-0.15, -0.1) is 0 Å². The molecule has 2 N–H and O–H groups in total. The Bertz CT molecular complexity index is 1150. The van der Waals surface area contributed by atoms with Crippen LogP contribution in [0.4, 0.5) is 10.1 Å². The third-order valence-corrected chi connectivity index (χ3v) is 5.19. The molecular formula is C21H18BrClFN3O3. The third-order valence-electron chi connectivity index (χ3n) is 4.44. The van der Waals surface area contributed by atoms with Crippen LogP contribution >= 0.6 is 27.5 Å². The number of aromatic nitrogens is 2. The van der Waals surface area contributed by atoms with E-state index in [2.05, 4.69) is 26.2 Å². The highest BCUT2D eigenvalue weighted by molar-refractivity contribution is 9.10. The largest absolute Gasteiger partial charge is 0.396 e. The number of carbonyl (C=O) groups is 1. The van der Waals surface area contributed by atoms with E-state index >= 15 is 0 Å². The average Bonchev–Trinajstić information content (AvgIpc) is 2.70. The van der Waals surface area contributed by atoms with Crippen LogP contribution in [-0.4, -0.2) is 27.2 Å². The maximum absolute atomic E-state index is 14.1. The van der Waals surface area contributed by atoms with Gasteiger partial charge >= 0.3 is 0 Å². The summed E-state index contributed by atoms with van der Waals surface area (Å²) >= 11 is 9.11. The van der Waals surface area contributed by atoms with Gasteiger partial charge in [0.2, 0.25) is 5.91 Å². The normalized spacial score (nSPS) is 10.8. The molecule has 9 heteroatoms. The lowest BCUT2D eigenvalue weighted by atomic mass is 10.1. The van der Waals surface area contributed by atoms with E-state index in [0.717, 1.165) is 0 Å². The van der Waals surface area contributed by atoms with Gasteiger partial charge in [-0.2, -0.15) is 0 Å². The quantitative estimate of drug-likeness (QED) is 0.544. The standard InChI is InChI=1S/C21H18BrClFN3O3/c1-12-16(8-9-28)21(30)27(20(25-12)13-2-5-15(23)6-3-13)11-19(29)26-18-7-4-14(22)10-17(18)24/h2-7,10,28H,8-9,11H2,1H3,(H,26,29). The number of rotatable bonds is 6. The molecule has 0 saturated heterocycles. The van der Waals surface area contributed by atoms with Gasteiger partial charge in [0.15, 0.2) is 0 Å². The summed E-state index contributed by atoms with van der Waals surface area (Å²) in [5, 5.41) is 12.3. The Morgan fingerprint density at radius 1 is 1.27 bits per heavy atom. The molecule has 0 unspecified atom stereocenters. The van der Waals surface area contributed by atoms with Gasteiger partial charge in [0.05, 0.1) is 5.69 Å². The van der Waals surface area contributed by atoms with E-state index in [1.54, 1.807) is 37.3 Å². The van der Waals surface area contributed by atoms with Crippen LogP contribution in [0.25, 0.3) is 11.4 Å². The number of hydrogen-bond donors (Lipinski definition) is 2. The van der Waals surface area contributed by atoms with Crippen molar-refractivity contribution in [3.05, 3.63) is 79.4 Å². The fourth-order valence-electron chi connectivity index (χ4n) is 2.99. The molecule has 0 aliphatic heterocycles. The molecule has 0 radical (unpaired) electrons. The first-order chi connectivity index (χ1) is 14.3. The average molecular weight is 495 g/mol. The predicted octanol–water partition coefficient (Wildman–Crippen LogP) is 3.95. The van der Waals surface area contributed by atoms with Crippen molar-refractivity contribution in [1.82, 2.24) is 9.55 Å². The number of anilines is 1. The second-order valence-corrected chi connectivity index (χ2v) is 7.90. The summed E-state index contributed by atoms with van der Waals surface area (Å²) in [5.74, 6) is -0.914. The van der Waals surface area contributed by atoms with E-state index in [-0.39, 0.29) is 31.1 Å². The summed E-state index contributed by atoms with van der Waals surface area (Å²) < 4.78 is 15.8. The monoisotopic (exact) mass is 493 g/mol. The lowest BCUT2D eigenvalue weighted by molar-refractivity contribution is -0.116. The molecule has 0 atom stereocenters. The molecule has 1 aromatic heterocycles. The molecule has 1 heterocycles.